The zero-order valence-electron chi connectivity index (χ0n) is 10.7. The first-order valence-electron chi connectivity index (χ1n) is 5.85. The summed E-state index contributed by atoms with van der Waals surface area (Å²) in [5, 5.41) is 3.54. The van der Waals surface area contributed by atoms with Crippen LogP contribution in [-0.2, 0) is 4.74 Å². The van der Waals surface area contributed by atoms with Crippen molar-refractivity contribution < 1.29 is 9.13 Å². The smallest absolute Gasteiger partial charge is 0.207 e. The molecule has 1 unspecified atom stereocenters. The second-order valence-electron chi connectivity index (χ2n) is 4.25. The van der Waals surface area contributed by atoms with Crippen LogP contribution in [0.15, 0.2) is 30.6 Å². The van der Waals surface area contributed by atoms with Crippen molar-refractivity contribution in [3.8, 4) is 5.69 Å². The summed E-state index contributed by atoms with van der Waals surface area (Å²) in [6.07, 6.45) is 3.38. The van der Waals surface area contributed by atoms with Crippen molar-refractivity contribution in [1.29, 1.82) is 0 Å². The van der Waals surface area contributed by atoms with Crippen molar-refractivity contribution in [2.45, 2.75) is 13.0 Å². The Morgan fingerprint density at radius 1 is 1.47 bits per heavy atom. The molecule has 0 aliphatic heterocycles. The van der Waals surface area contributed by atoms with Gasteiger partial charge in [-0.2, -0.15) is 0 Å². The number of rotatable bonds is 5. The third-order valence-electron chi connectivity index (χ3n) is 2.56. The molecule has 1 atom stereocenters. The van der Waals surface area contributed by atoms with Gasteiger partial charge in [0, 0.05) is 30.6 Å². The van der Waals surface area contributed by atoms with Crippen LogP contribution >= 0.6 is 11.6 Å². The van der Waals surface area contributed by atoms with Gasteiger partial charge in [-0.25, -0.2) is 9.37 Å². The van der Waals surface area contributed by atoms with E-state index in [2.05, 4.69) is 10.3 Å². The summed E-state index contributed by atoms with van der Waals surface area (Å²) in [5.74, 6) is 0.235. The molecule has 0 fully saturated rings. The van der Waals surface area contributed by atoms with E-state index in [-0.39, 0.29) is 11.9 Å². The monoisotopic (exact) mass is 283 g/mol. The fourth-order valence-electron chi connectivity index (χ4n) is 1.81. The van der Waals surface area contributed by atoms with E-state index in [1.807, 2.05) is 6.92 Å². The summed E-state index contributed by atoms with van der Waals surface area (Å²) < 4.78 is 20.2. The van der Waals surface area contributed by atoms with Crippen LogP contribution < -0.4 is 5.32 Å². The van der Waals surface area contributed by atoms with Crippen LogP contribution in [0.5, 0.6) is 0 Å². The lowest BCUT2D eigenvalue weighted by molar-refractivity contribution is 0.190. The van der Waals surface area contributed by atoms with Gasteiger partial charge in [-0.15, -0.1) is 0 Å². The van der Waals surface area contributed by atoms with Crippen LogP contribution in [0, 0.1) is 5.82 Å². The first-order chi connectivity index (χ1) is 9.10. The lowest BCUT2D eigenvalue weighted by atomic mass is 10.3. The molecule has 0 bridgehead atoms. The maximum absolute atomic E-state index is 13.4. The maximum atomic E-state index is 13.4. The Kier molecular flexibility index (Phi) is 4.39. The summed E-state index contributed by atoms with van der Waals surface area (Å²) in [6, 6.07) is 4.44. The summed E-state index contributed by atoms with van der Waals surface area (Å²) in [6.45, 7) is 2.53. The van der Waals surface area contributed by atoms with E-state index in [9.17, 15) is 4.39 Å². The van der Waals surface area contributed by atoms with Gasteiger partial charge in [0.05, 0.1) is 12.3 Å². The van der Waals surface area contributed by atoms with Crippen LogP contribution in [0.2, 0.25) is 5.02 Å². The molecule has 0 radical (unpaired) electrons. The number of nitrogens with zero attached hydrogens (tertiary/aromatic N) is 2. The average Bonchev–Trinajstić information content (AvgIpc) is 2.76. The molecule has 1 heterocycles. The Morgan fingerprint density at radius 3 is 2.95 bits per heavy atom. The van der Waals surface area contributed by atoms with Crippen molar-refractivity contribution in [3.63, 3.8) is 0 Å². The highest BCUT2D eigenvalue weighted by Crippen LogP contribution is 2.20. The Balaban J connectivity index is 2.28. The Hall–Kier alpha value is -1.59. The fraction of sp³-hybridized carbons (Fsp3) is 0.308. The van der Waals surface area contributed by atoms with E-state index < -0.39 is 0 Å². The SMILES string of the molecule is COCC(C)Nc1nccn1-c1cc(F)cc(Cl)c1. The van der Waals surface area contributed by atoms with E-state index in [1.165, 1.54) is 12.1 Å². The van der Waals surface area contributed by atoms with Crippen LogP contribution in [-0.4, -0.2) is 29.3 Å². The predicted octanol–water partition coefficient (Wildman–Crippen LogP) is 3.11. The number of aromatic nitrogens is 2. The molecule has 0 amide bonds. The van der Waals surface area contributed by atoms with Crippen LogP contribution in [0.3, 0.4) is 0 Å². The Bertz CT molecular complexity index is 538. The summed E-state index contributed by atoms with van der Waals surface area (Å²) in [7, 11) is 1.64. The zero-order valence-corrected chi connectivity index (χ0v) is 11.5. The summed E-state index contributed by atoms with van der Waals surface area (Å²) in [4.78, 5) is 4.20. The number of hydrogen-bond acceptors (Lipinski definition) is 3. The predicted molar refractivity (Wildman–Crippen MR) is 73.5 cm³/mol. The summed E-state index contributed by atoms with van der Waals surface area (Å²) in [5.41, 5.74) is 0.620. The molecule has 19 heavy (non-hydrogen) atoms. The van der Waals surface area contributed by atoms with Crippen molar-refractivity contribution in [2.75, 3.05) is 19.0 Å². The molecule has 6 heteroatoms. The molecule has 1 aromatic heterocycles. The molecule has 2 aromatic rings. The topological polar surface area (TPSA) is 39.1 Å². The summed E-state index contributed by atoms with van der Waals surface area (Å²) >= 11 is 5.86. The second kappa shape index (κ2) is 6.04. The number of imidazole rings is 1. The number of methoxy groups -OCH3 is 1. The minimum absolute atomic E-state index is 0.0928. The fourth-order valence-corrected chi connectivity index (χ4v) is 2.03. The molecule has 0 saturated heterocycles. The first-order valence-corrected chi connectivity index (χ1v) is 6.23. The molecule has 0 aliphatic carbocycles. The van der Waals surface area contributed by atoms with Crippen molar-refractivity contribution >= 4 is 17.5 Å². The van der Waals surface area contributed by atoms with Gasteiger partial charge in [0.1, 0.15) is 5.82 Å². The van der Waals surface area contributed by atoms with E-state index in [1.54, 1.807) is 30.1 Å². The normalized spacial score (nSPS) is 12.4. The van der Waals surface area contributed by atoms with Gasteiger partial charge in [-0.05, 0) is 25.1 Å². The number of anilines is 1. The quantitative estimate of drug-likeness (QED) is 0.916. The minimum atomic E-state index is -0.382. The minimum Gasteiger partial charge on any atom is -0.383 e. The van der Waals surface area contributed by atoms with Gasteiger partial charge in [-0.3, -0.25) is 4.57 Å². The van der Waals surface area contributed by atoms with Crippen molar-refractivity contribution in [3.05, 3.63) is 41.4 Å². The molecular weight excluding hydrogens is 269 g/mol. The van der Waals surface area contributed by atoms with Crippen molar-refractivity contribution in [2.24, 2.45) is 0 Å². The molecule has 1 aromatic carbocycles. The molecular formula is C13H15ClFN3O. The van der Waals surface area contributed by atoms with Gasteiger partial charge in [-0.1, -0.05) is 11.6 Å². The van der Waals surface area contributed by atoms with Gasteiger partial charge >= 0.3 is 0 Å². The lowest BCUT2D eigenvalue weighted by Crippen LogP contribution is -2.22. The van der Waals surface area contributed by atoms with Gasteiger partial charge in [0.25, 0.3) is 0 Å². The maximum Gasteiger partial charge on any atom is 0.207 e. The average molecular weight is 284 g/mol. The second-order valence-corrected chi connectivity index (χ2v) is 4.69. The Morgan fingerprint density at radius 2 is 2.26 bits per heavy atom. The molecule has 0 saturated carbocycles. The first kappa shape index (κ1) is 13.8. The molecule has 0 spiro atoms. The van der Waals surface area contributed by atoms with Gasteiger partial charge < -0.3 is 10.1 Å². The highest BCUT2D eigenvalue weighted by Gasteiger charge is 2.09. The highest BCUT2D eigenvalue weighted by molar-refractivity contribution is 6.30. The van der Waals surface area contributed by atoms with Gasteiger partial charge in [0.2, 0.25) is 5.95 Å². The third-order valence-corrected chi connectivity index (χ3v) is 2.78. The van der Waals surface area contributed by atoms with Crippen LogP contribution in [0.25, 0.3) is 5.69 Å². The van der Waals surface area contributed by atoms with E-state index in [0.717, 1.165) is 0 Å². The van der Waals surface area contributed by atoms with E-state index in [4.69, 9.17) is 16.3 Å². The third kappa shape index (κ3) is 3.45. The highest BCUT2D eigenvalue weighted by atomic mass is 35.5. The van der Waals surface area contributed by atoms with Crippen LogP contribution in [0.4, 0.5) is 10.3 Å². The zero-order chi connectivity index (χ0) is 13.8. The van der Waals surface area contributed by atoms with E-state index >= 15 is 0 Å². The van der Waals surface area contributed by atoms with Crippen LogP contribution in [0.1, 0.15) is 6.92 Å². The van der Waals surface area contributed by atoms with Gasteiger partial charge in [0.15, 0.2) is 0 Å². The molecule has 102 valence electrons. The van der Waals surface area contributed by atoms with Crippen molar-refractivity contribution in [1.82, 2.24) is 9.55 Å². The Labute approximate surface area is 116 Å². The standard InChI is InChI=1S/C13H15ClFN3O/c1-9(8-19-2)17-13-16-3-4-18(13)12-6-10(14)5-11(15)7-12/h3-7,9H,8H2,1-2H3,(H,16,17). The number of halogens is 2. The lowest BCUT2D eigenvalue weighted by Gasteiger charge is -2.15. The van der Waals surface area contributed by atoms with E-state index in [0.29, 0.717) is 23.3 Å². The molecule has 0 aliphatic rings. The number of hydrogen-bond donors (Lipinski definition) is 1. The number of ether oxygens (including phenoxy) is 1. The number of nitrogens with one attached hydrogen (secondary N) is 1. The number of benzene rings is 1. The largest absolute Gasteiger partial charge is 0.383 e. The molecule has 4 nitrogen and oxygen atoms in total. The molecule has 1 N–H and O–H groups in total. The molecule has 2 rings (SSSR count).